The van der Waals surface area contributed by atoms with E-state index in [9.17, 15) is 4.79 Å². The molecule has 0 N–H and O–H groups in total. The SMILES string of the molecule is O=C(c1ccc(-c2cccnc2)cc1)N1CCOCC1. The molecule has 2 aromatic rings. The topological polar surface area (TPSA) is 42.4 Å². The molecular formula is C16H16N2O2. The molecule has 2 heterocycles. The van der Waals surface area contributed by atoms with Crippen LogP contribution in [0.3, 0.4) is 0 Å². The highest BCUT2D eigenvalue weighted by molar-refractivity contribution is 5.94. The molecule has 0 unspecified atom stereocenters. The van der Waals surface area contributed by atoms with Gasteiger partial charge in [-0.05, 0) is 29.3 Å². The number of benzene rings is 1. The van der Waals surface area contributed by atoms with Crippen LogP contribution in [0.25, 0.3) is 11.1 Å². The van der Waals surface area contributed by atoms with E-state index in [-0.39, 0.29) is 5.91 Å². The number of nitrogens with zero attached hydrogens (tertiary/aromatic N) is 2. The fourth-order valence-corrected chi connectivity index (χ4v) is 2.29. The minimum Gasteiger partial charge on any atom is -0.378 e. The summed E-state index contributed by atoms with van der Waals surface area (Å²) in [5.41, 5.74) is 2.84. The molecule has 0 aliphatic carbocycles. The van der Waals surface area contributed by atoms with Crippen LogP contribution in [0.2, 0.25) is 0 Å². The molecule has 1 aromatic carbocycles. The van der Waals surface area contributed by atoms with Gasteiger partial charge in [-0.15, -0.1) is 0 Å². The predicted octanol–water partition coefficient (Wildman–Crippen LogP) is 2.22. The summed E-state index contributed by atoms with van der Waals surface area (Å²) >= 11 is 0. The van der Waals surface area contributed by atoms with Crippen molar-refractivity contribution in [3.05, 3.63) is 54.4 Å². The average molecular weight is 268 g/mol. The van der Waals surface area contributed by atoms with E-state index in [0.717, 1.165) is 16.7 Å². The van der Waals surface area contributed by atoms with Gasteiger partial charge >= 0.3 is 0 Å². The first-order valence-electron chi connectivity index (χ1n) is 6.72. The van der Waals surface area contributed by atoms with E-state index < -0.39 is 0 Å². The highest BCUT2D eigenvalue weighted by atomic mass is 16.5. The van der Waals surface area contributed by atoms with E-state index in [1.165, 1.54) is 0 Å². The quantitative estimate of drug-likeness (QED) is 0.838. The first-order chi connectivity index (χ1) is 9.84. The standard InChI is InChI=1S/C16H16N2O2/c19-16(18-8-10-20-11-9-18)14-5-3-13(4-6-14)15-2-1-7-17-12-15/h1-7,12H,8-11H2. The Kier molecular flexibility index (Phi) is 3.74. The molecule has 1 amide bonds. The van der Waals surface area contributed by atoms with Gasteiger partial charge in [0.1, 0.15) is 0 Å². The van der Waals surface area contributed by atoms with Crippen molar-refractivity contribution in [1.82, 2.24) is 9.88 Å². The van der Waals surface area contributed by atoms with Gasteiger partial charge in [0.2, 0.25) is 0 Å². The van der Waals surface area contributed by atoms with Gasteiger partial charge in [-0.3, -0.25) is 9.78 Å². The summed E-state index contributed by atoms with van der Waals surface area (Å²) in [5.74, 6) is 0.0750. The summed E-state index contributed by atoms with van der Waals surface area (Å²) in [7, 11) is 0. The maximum Gasteiger partial charge on any atom is 0.254 e. The maximum absolute atomic E-state index is 12.3. The second-order valence-electron chi connectivity index (χ2n) is 4.72. The zero-order chi connectivity index (χ0) is 13.8. The molecule has 4 nitrogen and oxygen atoms in total. The molecule has 0 spiro atoms. The highest BCUT2D eigenvalue weighted by Gasteiger charge is 2.18. The molecule has 1 aromatic heterocycles. The lowest BCUT2D eigenvalue weighted by Crippen LogP contribution is -2.40. The van der Waals surface area contributed by atoms with Crippen LogP contribution >= 0.6 is 0 Å². The third kappa shape index (κ3) is 2.70. The van der Waals surface area contributed by atoms with Crippen LogP contribution in [-0.4, -0.2) is 42.1 Å². The number of ether oxygens (including phenoxy) is 1. The first kappa shape index (κ1) is 12.8. The van der Waals surface area contributed by atoms with E-state index in [4.69, 9.17) is 4.74 Å². The van der Waals surface area contributed by atoms with Gasteiger partial charge in [-0.25, -0.2) is 0 Å². The predicted molar refractivity (Wildman–Crippen MR) is 76.4 cm³/mol. The van der Waals surface area contributed by atoms with Crippen LogP contribution in [0.5, 0.6) is 0 Å². The monoisotopic (exact) mass is 268 g/mol. The summed E-state index contributed by atoms with van der Waals surface area (Å²) < 4.78 is 5.26. The largest absolute Gasteiger partial charge is 0.378 e. The Hall–Kier alpha value is -2.20. The summed E-state index contributed by atoms with van der Waals surface area (Å²) in [6.45, 7) is 2.59. The van der Waals surface area contributed by atoms with Gasteiger partial charge in [-0.1, -0.05) is 18.2 Å². The summed E-state index contributed by atoms with van der Waals surface area (Å²) in [6, 6.07) is 11.6. The molecular weight excluding hydrogens is 252 g/mol. The Balaban J connectivity index is 1.77. The highest BCUT2D eigenvalue weighted by Crippen LogP contribution is 2.19. The van der Waals surface area contributed by atoms with E-state index in [1.54, 1.807) is 6.20 Å². The van der Waals surface area contributed by atoms with Crippen LogP contribution < -0.4 is 0 Å². The molecule has 1 aliphatic rings. The zero-order valence-electron chi connectivity index (χ0n) is 11.2. The normalized spacial score (nSPS) is 15.1. The number of carbonyl (C=O) groups is 1. The van der Waals surface area contributed by atoms with E-state index >= 15 is 0 Å². The van der Waals surface area contributed by atoms with Crippen LogP contribution in [0, 0.1) is 0 Å². The van der Waals surface area contributed by atoms with Gasteiger partial charge in [0.25, 0.3) is 5.91 Å². The molecule has 0 bridgehead atoms. The number of hydrogen-bond donors (Lipinski definition) is 0. The molecule has 102 valence electrons. The number of rotatable bonds is 2. The second kappa shape index (κ2) is 5.84. The van der Waals surface area contributed by atoms with Crippen molar-refractivity contribution in [1.29, 1.82) is 0 Å². The lowest BCUT2D eigenvalue weighted by Gasteiger charge is -2.26. The summed E-state index contributed by atoms with van der Waals surface area (Å²) in [5, 5.41) is 0. The fraction of sp³-hybridized carbons (Fsp3) is 0.250. The van der Waals surface area contributed by atoms with Crippen molar-refractivity contribution in [2.24, 2.45) is 0 Å². The Morgan fingerprint density at radius 3 is 2.45 bits per heavy atom. The lowest BCUT2D eigenvalue weighted by atomic mass is 10.1. The molecule has 1 fully saturated rings. The molecule has 3 rings (SSSR count). The first-order valence-corrected chi connectivity index (χ1v) is 6.72. The van der Waals surface area contributed by atoms with E-state index in [1.807, 2.05) is 47.5 Å². The van der Waals surface area contributed by atoms with Crippen molar-refractivity contribution >= 4 is 5.91 Å². The Morgan fingerprint density at radius 2 is 1.80 bits per heavy atom. The zero-order valence-corrected chi connectivity index (χ0v) is 11.2. The number of carbonyl (C=O) groups excluding carboxylic acids is 1. The minimum atomic E-state index is 0.0750. The molecule has 0 atom stereocenters. The lowest BCUT2D eigenvalue weighted by molar-refractivity contribution is 0.0303. The minimum absolute atomic E-state index is 0.0750. The van der Waals surface area contributed by atoms with Crippen molar-refractivity contribution in [3.63, 3.8) is 0 Å². The van der Waals surface area contributed by atoms with Crippen molar-refractivity contribution in [2.45, 2.75) is 0 Å². The Morgan fingerprint density at radius 1 is 1.05 bits per heavy atom. The third-order valence-electron chi connectivity index (χ3n) is 3.43. The smallest absolute Gasteiger partial charge is 0.254 e. The van der Waals surface area contributed by atoms with Gasteiger partial charge in [0.05, 0.1) is 13.2 Å². The molecule has 1 saturated heterocycles. The van der Waals surface area contributed by atoms with Crippen LogP contribution in [0.4, 0.5) is 0 Å². The second-order valence-corrected chi connectivity index (χ2v) is 4.72. The van der Waals surface area contributed by atoms with Crippen molar-refractivity contribution in [2.75, 3.05) is 26.3 Å². The Labute approximate surface area is 118 Å². The third-order valence-corrected chi connectivity index (χ3v) is 3.43. The number of pyridine rings is 1. The average Bonchev–Trinajstić information content (AvgIpc) is 2.56. The molecule has 4 heteroatoms. The molecule has 0 saturated carbocycles. The van der Waals surface area contributed by atoms with Crippen LogP contribution in [-0.2, 0) is 4.74 Å². The maximum atomic E-state index is 12.3. The number of amides is 1. The van der Waals surface area contributed by atoms with Gasteiger partial charge in [-0.2, -0.15) is 0 Å². The van der Waals surface area contributed by atoms with Gasteiger partial charge in [0.15, 0.2) is 0 Å². The number of aromatic nitrogens is 1. The van der Waals surface area contributed by atoms with Crippen LogP contribution in [0.1, 0.15) is 10.4 Å². The summed E-state index contributed by atoms with van der Waals surface area (Å²) in [6.07, 6.45) is 3.57. The van der Waals surface area contributed by atoms with Crippen molar-refractivity contribution < 1.29 is 9.53 Å². The van der Waals surface area contributed by atoms with Crippen molar-refractivity contribution in [3.8, 4) is 11.1 Å². The van der Waals surface area contributed by atoms with Gasteiger partial charge < -0.3 is 9.64 Å². The molecule has 1 aliphatic heterocycles. The number of hydrogen-bond acceptors (Lipinski definition) is 3. The summed E-state index contributed by atoms with van der Waals surface area (Å²) in [4.78, 5) is 18.2. The van der Waals surface area contributed by atoms with E-state index in [2.05, 4.69) is 4.98 Å². The fourth-order valence-electron chi connectivity index (χ4n) is 2.29. The van der Waals surface area contributed by atoms with Gasteiger partial charge in [0, 0.05) is 31.0 Å². The van der Waals surface area contributed by atoms with E-state index in [0.29, 0.717) is 26.3 Å². The molecule has 20 heavy (non-hydrogen) atoms. The van der Waals surface area contributed by atoms with Crippen LogP contribution in [0.15, 0.2) is 48.8 Å². The number of morpholine rings is 1. The Bertz CT molecular complexity index is 575. The molecule has 0 radical (unpaired) electrons.